The first-order valence-electron chi connectivity index (χ1n) is 18.3. The van der Waals surface area contributed by atoms with Crippen LogP contribution in [0.4, 0.5) is 0 Å². The Bertz CT molecular complexity index is 1230. The Balaban J connectivity index is 1.65. The topological polar surface area (TPSA) is 92.7 Å². The first-order valence-corrected chi connectivity index (χ1v) is 22.1. The van der Waals surface area contributed by atoms with E-state index in [-0.39, 0.29) is 31.0 Å². The van der Waals surface area contributed by atoms with Crippen LogP contribution in [0.1, 0.15) is 80.1 Å². The monoisotopic (exact) mass is 702 g/mol. The smallest absolute Gasteiger partial charge is 0.338 e. The standard InChI is InChI=1S/C40H66O8Si/c1-27(2)36-31(6)19-20-40(48-36)25-32(41)24-33(47-40)17-15-29(4)23-28(3)13-12-14-35(39(42)44-8)34-18-16-30(5)37(43-7)38(34)46-26-45-21-22-49(9,10)11/h12-16,18,27-28,31-33,36-38,41H,17,19-26H2,1-11H3/b13-12+,29-15+,35-14-/t28-,31-,32-,33+,36+,37+,38-,40+/m0/s1. The van der Waals surface area contributed by atoms with Crippen LogP contribution < -0.4 is 0 Å². The van der Waals surface area contributed by atoms with E-state index >= 15 is 0 Å². The van der Waals surface area contributed by atoms with Crippen molar-refractivity contribution in [3.05, 3.63) is 58.7 Å². The lowest BCUT2D eigenvalue weighted by atomic mass is 9.83. The molecule has 0 aromatic carbocycles. The largest absolute Gasteiger partial charge is 0.465 e. The number of rotatable bonds is 16. The van der Waals surface area contributed by atoms with Crippen LogP contribution in [-0.2, 0) is 33.2 Å². The number of aliphatic hydroxyl groups is 1. The van der Waals surface area contributed by atoms with Crippen LogP contribution in [0.25, 0.3) is 0 Å². The second-order valence-corrected chi connectivity index (χ2v) is 21.7. The van der Waals surface area contributed by atoms with Crippen LogP contribution >= 0.6 is 0 Å². The summed E-state index contributed by atoms with van der Waals surface area (Å²) in [4.78, 5) is 13.1. The number of esters is 1. The molecule has 0 unspecified atom stereocenters. The zero-order chi connectivity index (χ0) is 36.4. The third kappa shape index (κ3) is 12.7. The number of hydrogen-bond donors (Lipinski definition) is 1. The molecule has 1 aliphatic carbocycles. The third-order valence-corrected chi connectivity index (χ3v) is 11.6. The van der Waals surface area contributed by atoms with Crippen LogP contribution in [0.2, 0.25) is 25.7 Å². The van der Waals surface area contributed by atoms with E-state index in [1.54, 1.807) is 7.11 Å². The van der Waals surface area contributed by atoms with Crippen molar-refractivity contribution in [2.24, 2.45) is 17.8 Å². The first-order chi connectivity index (χ1) is 23.1. The van der Waals surface area contributed by atoms with Gasteiger partial charge in [0.1, 0.15) is 19.0 Å². The predicted molar refractivity (Wildman–Crippen MR) is 199 cm³/mol. The summed E-state index contributed by atoms with van der Waals surface area (Å²) in [6, 6.07) is 1.05. The lowest BCUT2D eigenvalue weighted by molar-refractivity contribution is -0.339. The SMILES string of the molecule is COC(=O)/C(=C\C=C\[C@H](C)C/C(C)=C/C[C@@H]1C[C@H](O)C[C@]2(CC[C@H](C)[C@@H](C(C)C)O2)O1)C1=CC=C(C)[C@@H](OC)[C@H]1OCOCC[Si](C)(C)C. The van der Waals surface area contributed by atoms with E-state index in [1.165, 1.54) is 12.7 Å². The van der Waals surface area contributed by atoms with Gasteiger partial charge in [0.2, 0.25) is 0 Å². The maximum absolute atomic E-state index is 13.1. The fraction of sp³-hybridized carbons (Fsp3) is 0.725. The zero-order valence-corrected chi connectivity index (χ0v) is 33.3. The Hall–Kier alpha value is -1.85. The highest BCUT2D eigenvalue weighted by Crippen LogP contribution is 2.43. The Labute approximate surface area is 298 Å². The molecule has 49 heavy (non-hydrogen) atoms. The molecule has 0 radical (unpaired) electrons. The highest BCUT2D eigenvalue weighted by Gasteiger charge is 2.47. The summed E-state index contributed by atoms with van der Waals surface area (Å²) < 4.78 is 36.3. The van der Waals surface area contributed by atoms with Crippen molar-refractivity contribution < 1.29 is 38.3 Å². The van der Waals surface area contributed by atoms with Gasteiger partial charge in [-0.25, -0.2) is 4.79 Å². The van der Waals surface area contributed by atoms with Crippen LogP contribution in [0.5, 0.6) is 0 Å². The first kappa shape index (κ1) is 41.6. The average molecular weight is 703 g/mol. The minimum Gasteiger partial charge on any atom is -0.465 e. The Morgan fingerprint density at radius 3 is 2.53 bits per heavy atom. The molecule has 3 rings (SSSR count). The molecule has 2 fully saturated rings. The molecular weight excluding hydrogens is 637 g/mol. The van der Waals surface area contributed by atoms with Gasteiger partial charge in [-0.1, -0.05) is 83.3 Å². The number of ether oxygens (including phenoxy) is 6. The second kappa shape index (κ2) is 19.1. The van der Waals surface area contributed by atoms with E-state index in [0.29, 0.717) is 42.4 Å². The van der Waals surface area contributed by atoms with Crippen molar-refractivity contribution in [1.29, 1.82) is 0 Å². The number of carbonyl (C=O) groups excluding carboxylic acids is 1. The fourth-order valence-corrected chi connectivity index (χ4v) is 7.94. The van der Waals surface area contributed by atoms with E-state index in [9.17, 15) is 9.90 Å². The van der Waals surface area contributed by atoms with E-state index in [0.717, 1.165) is 37.3 Å². The van der Waals surface area contributed by atoms with Gasteiger partial charge in [-0.3, -0.25) is 0 Å². The van der Waals surface area contributed by atoms with E-state index in [4.69, 9.17) is 28.4 Å². The van der Waals surface area contributed by atoms with Gasteiger partial charge in [-0.05, 0) is 74.1 Å². The molecule has 0 bridgehead atoms. The molecule has 0 amide bonds. The van der Waals surface area contributed by atoms with Gasteiger partial charge in [0.15, 0.2) is 5.79 Å². The molecular formula is C40H66O8Si. The summed E-state index contributed by atoms with van der Waals surface area (Å²) in [6.45, 7) is 20.7. The minimum atomic E-state index is -1.22. The molecule has 9 heteroatoms. The lowest BCUT2D eigenvalue weighted by Gasteiger charge is -2.50. The highest BCUT2D eigenvalue weighted by molar-refractivity contribution is 6.76. The van der Waals surface area contributed by atoms with E-state index < -0.39 is 32.0 Å². The summed E-state index contributed by atoms with van der Waals surface area (Å²) in [5.74, 6) is 0.0148. The molecule has 8 atom stereocenters. The number of carbonyl (C=O) groups is 1. The number of allylic oxidation sites excluding steroid dienone is 6. The van der Waals surface area contributed by atoms with Gasteiger partial charge in [-0.2, -0.15) is 0 Å². The van der Waals surface area contributed by atoms with Crippen LogP contribution in [0.3, 0.4) is 0 Å². The summed E-state index contributed by atoms with van der Waals surface area (Å²) in [5.41, 5.74) is 3.40. The van der Waals surface area contributed by atoms with Crippen LogP contribution in [-0.4, -0.2) is 83.1 Å². The molecule has 3 aliphatic rings. The Kier molecular flexibility index (Phi) is 16.2. The van der Waals surface area contributed by atoms with E-state index in [2.05, 4.69) is 66.4 Å². The maximum atomic E-state index is 13.1. The number of aliphatic hydroxyl groups excluding tert-OH is 1. The summed E-state index contributed by atoms with van der Waals surface area (Å²) in [5, 5.41) is 10.8. The van der Waals surface area contributed by atoms with Gasteiger partial charge >= 0.3 is 5.97 Å². The highest BCUT2D eigenvalue weighted by atomic mass is 28.3. The average Bonchev–Trinajstić information content (AvgIpc) is 3.02. The van der Waals surface area contributed by atoms with Gasteiger partial charge in [0.25, 0.3) is 0 Å². The predicted octanol–water partition coefficient (Wildman–Crippen LogP) is 8.31. The molecule has 8 nitrogen and oxygen atoms in total. The molecule has 0 aromatic heterocycles. The minimum absolute atomic E-state index is 0.0744. The Morgan fingerprint density at radius 2 is 1.88 bits per heavy atom. The van der Waals surface area contributed by atoms with Crippen molar-refractivity contribution in [1.82, 2.24) is 0 Å². The molecule has 1 N–H and O–H groups in total. The molecule has 0 aromatic rings. The van der Waals surface area contributed by atoms with Gasteiger partial charge in [0.05, 0.1) is 31.0 Å². The molecule has 0 saturated carbocycles. The van der Waals surface area contributed by atoms with Gasteiger partial charge in [-0.15, -0.1) is 0 Å². The van der Waals surface area contributed by atoms with Gasteiger partial charge in [0, 0.05) is 41.1 Å². The van der Waals surface area contributed by atoms with Crippen molar-refractivity contribution in [3.63, 3.8) is 0 Å². The third-order valence-electron chi connectivity index (χ3n) is 9.94. The van der Waals surface area contributed by atoms with Crippen LogP contribution in [0, 0.1) is 17.8 Å². The van der Waals surface area contributed by atoms with Gasteiger partial charge < -0.3 is 33.5 Å². The molecule has 2 aliphatic heterocycles. The second-order valence-electron chi connectivity index (χ2n) is 16.1. The van der Waals surface area contributed by atoms with Crippen molar-refractivity contribution in [2.75, 3.05) is 27.6 Å². The number of hydrogen-bond acceptors (Lipinski definition) is 8. The number of methoxy groups -OCH3 is 2. The fourth-order valence-electron chi connectivity index (χ4n) is 7.18. The van der Waals surface area contributed by atoms with E-state index in [1.807, 2.05) is 31.2 Å². The zero-order valence-electron chi connectivity index (χ0n) is 32.3. The lowest BCUT2D eigenvalue weighted by Crippen LogP contribution is -2.54. The Morgan fingerprint density at radius 1 is 1.14 bits per heavy atom. The summed E-state index contributed by atoms with van der Waals surface area (Å²) in [6.07, 6.45) is 15.4. The molecule has 2 heterocycles. The normalized spacial score (nSPS) is 30.9. The summed E-state index contributed by atoms with van der Waals surface area (Å²) >= 11 is 0. The quantitative estimate of drug-likeness (QED) is 0.0327. The molecule has 278 valence electrons. The van der Waals surface area contributed by atoms with Crippen molar-refractivity contribution in [3.8, 4) is 0 Å². The molecule has 2 saturated heterocycles. The maximum Gasteiger partial charge on any atom is 0.338 e. The molecule has 1 spiro atoms. The van der Waals surface area contributed by atoms with Crippen molar-refractivity contribution in [2.45, 2.75) is 142 Å². The summed E-state index contributed by atoms with van der Waals surface area (Å²) in [7, 11) is 1.82. The van der Waals surface area contributed by atoms with Crippen molar-refractivity contribution >= 4 is 14.0 Å². The van der Waals surface area contributed by atoms with Crippen LogP contribution in [0.15, 0.2) is 58.7 Å².